The maximum absolute atomic E-state index is 11.7. The van der Waals surface area contributed by atoms with E-state index in [1.165, 1.54) is 7.11 Å². The summed E-state index contributed by atoms with van der Waals surface area (Å²) in [7, 11) is 1.29. The number of aromatic nitrogens is 2. The lowest BCUT2D eigenvalue weighted by molar-refractivity contribution is 0.0590. The van der Waals surface area contributed by atoms with Crippen molar-refractivity contribution in [1.29, 1.82) is 0 Å². The number of nitrogens with zero attached hydrogens (tertiary/aromatic N) is 2. The summed E-state index contributed by atoms with van der Waals surface area (Å²) in [5, 5.41) is 9.16. The first-order valence-corrected chi connectivity index (χ1v) is 5.92. The van der Waals surface area contributed by atoms with Crippen LogP contribution in [0.25, 0.3) is 5.52 Å². The van der Waals surface area contributed by atoms with Gasteiger partial charge in [-0.3, -0.25) is 4.40 Å². The fourth-order valence-corrected chi connectivity index (χ4v) is 2.02. The molecule has 6 nitrogen and oxygen atoms in total. The Hall–Kier alpha value is -2.37. The normalized spacial score (nSPS) is 10.6. The fourth-order valence-electron chi connectivity index (χ4n) is 2.02. The molecule has 0 saturated carbocycles. The Balaban J connectivity index is 2.78. The van der Waals surface area contributed by atoms with Crippen molar-refractivity contribution in [2.75, 3.05) is 7.11 Å². The summed E-state index contributed by atoms with van der Waals surface area (Å²) in [4.78, 5) is 27.0. The minimum Gasteiger partial charge on any atom is -0.476 e. The van der Waals surface area contributed by atoms with Gasteiger partial charge in [0.15, 0.2) is 5.69 Å². The van der Waals surface area contributed by atoms with Crippen molar-refractivity contribution in [2.45, 2.75) is 19.8 Å². The molecule has 0 aliphatic rings. The van der Waals surface area contributed by atoms with E-state index in [0.29, 0.717) is 17.8 Å². The van der Waals surface area contributed by atoms with Crippen LogP contribution in [-0.2, 0) is 11.2 Å². The molecular weight excluding hydrogens is 248 g/mol. The lowest BCUT2D eigenvalue weighted by Crippen LogP contribution is -2.10. The Morgan fingerprint density at radius 1 is 1.42 bits per heavy atom. The monoisotopic (exact) mass is 262 g/mol. The SMILES string of the molecule is CCCc1nc(C(=O)O)c2cccc(C(=O)OC)n12. The molecule has 2 rings (SSSR count). The molecule has 0 bridgehead atoms. The van der Waals surface area contributed by atoms with E-state index >= 15 is 0 Å². The number of hydrogen-bond acceptors (Lipinski definition) is 4. The van der Waals surface area contributed by atoms with E-state index < -0.39 is 11.9 Å². The number of pyridine rings is 1. The Labute approximate surface area is 109 Å². The van der Waals surface area contributed by atoms with Crippen LogP contribution in [0.1, 0.15) is 40.1 Å². The Morgan fingerprint density at radius 2 is 2.16 bits per heavy atom. The number of carboxylic acid groups (broad SMARTS) is 1. The molecule has 19 heavy (non-hydrogen) atoms. The van der Waals surface area contributed by atoms with Crippen molar-refractivity contribution < 1.29 is 19.4 Å². The number of carbonyl (C=O) groups is 2. The van der Waals surface area contributed by atoms with Crippen LogP contribution in [0, 0.1) is 0 Å². The molecule has 0 aromatic carbocycles. The predicted octanol–water partition coefficient (Wildman–Crippen LogP) is 1.77. The number of esters is 1. The lowest BCUT2D eigenvalue weighted by atomic mass is 10.2. The molecular formula is C13H14N2O4. The van der Waals surface area contributed by atoms with Crippen LogP contribution in [0.3, 0.4) is 0 Å². The second-order valence-corrected chi connectivity index (χ2v) is 4.06. The maximum Gasteiger partial charge on any atom is 0.356 e. The number of methoxy groups -OCH3 is 1. The average Bonchev–Trinajstić information content (AvgIpc) is 2.77. The van der Waals surface area contributed by atoms with Crippen molar-refractivity contribution in [3.63, 3.8) is 0 Å². The number of imidazole rings is 1. The first-order chi connectivity index (χ1) is 9.10. The van der Waals surface area contributed by atoms with Gasteiger partial charge >= 0.3 is 11.9 Å². The van der Waals surface area contributed by atoms with Crippen LogP contribution in [-0.4, -0.2) is 33.5 Å². The van der Waals surface area contributed by atoms with Gasteiger partial charge in [0, 0.05) is 6.42 Å². The van der Waals surface area contributed by atoms with Gasteiger partial charge in [0.2, 0.25) is 0 Å². The van der Waals surface area contributed by atoms with Crippen molar-refractivity contribution in [3.8, 4) is 0 Å². The summed E-state index contributed by atoms with van der Waals surface area (Å²) >= 11 is 0. The average molecular weight is 262 g/mol. The van der Waals surface area contributed by atoms with Crippen LogP contribution >= 0.6 is 0 Å². The summed E-state index contributed by atoms with van der Waals surface area (Å²) in [5.74, 6) is -1.07. The molecule has 2 aromatic heterocycles. The molecule has 0 unspecified atom stereocenters. The molecule has 0 aliphatic carbocycles. The highest BCUT2D eigenvalue weighted by Crippen LogP contribution is 2.18. The number of rotatable bonds is 4. The molecule has 0 atom stereocenters. The third kappa shape index (κ3) is 2.16. The van der Waals surface area contributed by atoms with Crippen LogP contribution in [0.2, 0.25) is 0 Å². The van der Waals surface area contributed by atoms with E-state index in [9.17, 15) is 9.59 Å². The second-order valence-electron chi connectivity index (χ2n) is 4.06. The van der Waals surface area contributed by atoms with Gasteiger partial charge in [0.25, 0.3) is 0 Å². The Kier molecular flexibility index (Phi) is 3.50. The zero-order chi connectivity index (χ0) is 14.0. The van der Waals surface area contributed by atoms with Gasteiger partial charge in [-0.1, -0.05) is 13.0 Å². The summed E-state index contributed by atoms with van der Waals surface area (Å²) < 4.78 is 6.27. The van der Waals surface area contributed by atoms with Crippen molar-refractivity contribution >= 4 is 17.5 Å². The number of fused-ring (bicyclic) bond motifs is 1. The van der Waals surface area contributed by atoms with Crippen LogP contribution in [0.15, 0.2) is 18.2 Å². The molecule has 0 aliphatic heterocycles. The minimum atomic E-state index is -1.11. The molecule has 6 heteroatoms. The number of carbonyl (C=O) groups excluding carboxylic acids is 1. The fraction of sp³-hybridized carbons (Fsp3) is 0.308. The number of aromatic carboxylic acids is 1. The van der Waals surface area contributed by atoms with Gasteiger partial charge in [0.1, 0.15) is 11.5 Å². The molecule has 0 spiro atoms. The van der Waals surface area contributed by atoms with Crippen molar-refractivity contribution in [3.05, 3.63) is 35.4 Å². The first-order valence-electron chi connectivity index (χ1n) is 5.92. The van der Waals surface area contributed by atoms with E-state index in [-0.39, 0.29) is 11.4 Å². The summed E-state index contributed by atoms with van der Waals surface area (Å²) in [6, 6.07) is 4.83. The highest BCUT2D eigenvalue weighted by Gasteiger charge is 2.20. The zero-order valence-corrected chi connectivity index (χ0v) is 10.7. The summed E-state index contributed by atoms with van der Waals surface area (Å²) in [6.07, 6.45) is 1.39. The molecule has 0 radical (unpaired) electrons. The van der Waals surface area contributed by atoms with E-state index in [1.54, 1.807) is 22.6 Å². The van der Waals surface area contributed by atoms with Gasteiger partial charge in [-0.2, -0.15) is 0 Å². The van der Waals surface area contributed by atoms with Crippen molar-refractivity contribution in [2.24, 2.45) is 0 Å². The maximum atomic E-state index is 11.7. The summed E-state index contributed by atoms with van der Waals surface area (Å²) in [6.45, 7) is 1.96. The van der Waals surface area contributed by atoms with Gasteiger partial charge in [0.05, 0.1) is 12.6 Å². The summed E-state index contributed by atoms with van der Waals surface area (Å²) in [5.41, 5.74) is 0.636. The molecule has 1 N–H and O–H groups in total. The largest absolute Gasteiger partial charge is 0.476 e. The van der Waals surface area contributed by atoms with E-state index in [2.05, 4.69) is 4.98 Å². The Morgan fingerprint density at radius 3 is 2.74 bits per heavy atom. The van der Waals surface area contributed by atoms with E-state index in [4.69, 9.17) is 9.84 Å². The van der Waals surface area contributed by atoms with Crippen LogP contribution in [0.4, 0.5) is 0 Å². The molecule has 100 valence electrons. The number of aryl methyl sites for hydroxylation is 1. The van der Waals surface area contributed by atoms with Crippen LogP contribution in [0.5, 0.6) is 0 Å². The number of carboxylic acids is 1. The topological polar surface area (TPSA) is 80.9 Å². The third-order valence-electron chi connectivity index (χ3n) is 2.80. The minimum absolute atomic E-state index is 0.0470. The highest BCUT2D eigenvalue weighted by molar-refractivity contribution is 5.96. The van der Waals surface area contributed by atoms with Crippen LogP contribution < -0.4 is 0 Å². The van der Waals surface area contributed by atoms with Gasteiger partial charge < -0.3 is 9.84 Å². The van der Waals surface area contributed by atoms with Crippen molar-refractivity contribution in [1.82, 2.24) is 9.38 Å². The number of ether oxygens (including phenoxy) is 1. The third-order valence-corrected chi connectivity index (χ3v) is 2.80. The molecule has 0 amide bonds. The number of hydrogen-bond donors (Lipinski definition) is 1. The highest BCUT2D eigenvalue weighted by atomic mass is 16.5. The van der Waals surface area contributed by atoms with E-state index in [1.807, 2.05) is 6.92 Å². The predicted molar refractivity (Wildman–Crippen MR) is 67.5 cm³/mol. The molecule has 0 saturated heterocycles. The molecule has 2 aromatic rings. The molecule has 2 heterocycles. The van der Waals surface area contributed by atoms with Gasteiger partial charge in [-0.25, -0.2) is 14.6 Å². The van der Waals surface area contributed by atoms with Gasteiger partial charge in [-0.05, 0) is 18.6 Å². The Bertz CT molecular complexity index is 645. The second kappa shape index (κ2) is 5.09. The standard InChI is InChI=1S/C13H14N2O4/c1-3-5-10-14-11(12(16)17)8-6-4-7-9(15(8)10)13(18)19-2/h4,6-7H,3,5H2,1-2H3,(H,16,17). The first kappa shape index (κ1) is 13.1. The quantitative estimate of drug-likeness (QED) is 0.849. The zero-order valence-electron chi connectivity index (χ0n) is 10.7. The lowest BCUT2D eigenvalue weighted by Gasteiger charge is -2.06. The van der Waals surface area contributed by atoms with Gasteiger partial charge in [-0.15, -0.1) is 0 Å². The molecule has 0 fully saturated rings. The van der Waals surface area contributed by atoms with E-state index in [0.717, 1.165) is 6.42 Å². The smallest absolute Gasteiger partial charge is 0.356 e.